The molecular formula is C20H29N3OS. The highest BCUT2D eigenvalue weighted by Gasteiger charge is 2.17. The Labute approximate surface area is 155 Å². The van der Waals surface area contributed by atoms with Crippen molar-refractivity contribution in [1.82, 2.24) is 14.8 Å². The molecule has 0 N–H and O–H groups in total. The zero-order valence-corrected chi connectivity index (χ0v) is 16.4. The van der Waals surface area contributed by atoms with E-state index in [9.17, 15) is 0 Å². The molecule has 4 nitrogen and oxygen atoms in total. The third-order valence-corrected chi connectivity index (χ3v) is 5.87. The van der Waals surface area contributed by atoms with Crippen molar-refractivity contribution in [3.8, 4) is 10.6 Å². The molecule has 1 aromatic heterocycles. The van der Waals surface area contributed by atoms with E-state index >= 15 is 0 Å². The summed E-state index contributed by atoms with van der Waals surface area (Å²) in [7, 11) is 1.77. The lowest BCUT2D eigenvalue weighted by atomic mass is 10.0. The van der Waals surface area contributed by atoms with Crippen molar-refractivity contribution in [1.29, 1.82) is 0 Å². The Bertz CT molecular complexity index is 645. The first kappa shape index (κ1) is 18.5. The van der Waals surface area contributed by atoms with Crippen molar-refractivity contribution in [2.75, 3.05) is 46.4 Å². The van der Waals surface area contributed by atoms with E-state index in [0.717, 1.165) is 50.9 Å². The highest BCUT2D eigenvalue weighted by molar-refractivity contribution is 7.15. The number of benzene rings is 1. The second kappa shape index (κ2) is 8.90. The number of methoxy groups -OCH3 is 1. The van der Waals surface area contributed by atoms with Crippen molar-refractivity contribution >= 4 is 11.3 Å². The van der Waals surface area contributed by atoms with Gasteiger partial charge in [-0.2, -0.15) is 0 Å². The van der Waals surface area contributed by atoms with Gasteiger partial charge in [0.05, 0.1) is 6.61 Å². The topological polar surface area (TPSA) is 28.6 Å². The second-order valence-electron chi connectivity index (χ2n) is 7.02. The minimum atomic E-state index is 0.573. The molecule has 0 spiro atoms. The van der Waals surface area contributed by atoms with Gasteiger partial charge in [-0.05, 0) is 11.5 Å². The van der Waals surface area contributed by atoms with Gasteiger partial charge in [-0.1, -0.05) is 38.1 Å². The molecule has 2 aromatic rings. The molecule has 5 heteroatoms. The standard InChI is InChI=1S/C20H29N3OS/c1-16(2)17-4-6-18(7-5-17)20-21-14-19(25-20)15-23-10-8-22(9-11-23)12-13-24-3/h4-7,14,16H,8-13,15H2,1-3H3. The highest BCUT2D eigenvalue weighted by Crippen LogP contribution is 2.27. The number of hydrogen-bond donors (Lipinski definition) is 0. The predicted molar refractivity (Wildman–Crippen MR) is 105 cm³/mol. The fourth-order valence-corrected chi connectivity index (χ4v) is 4.10. The zero-order valence-electron chi connectivity index (χ0n) is 15.6. The average Bonchev–Trinajstić information content (AvgIpc) is 3.10. The van der Waals surface area contributed by atoms with E-state index in [-0.39, 0.29) is 0 Å². The van der Waals surface area contributed by atoms with Gasteiger partial charge in [-0.3, -0.25) is 9.80 Å². The van der Waals surface area contributed by atoms with Crippen LogP contribution in [0.3, 0.4) is 0 Å². The first-order valence-electron chi connectivity index (χ1n) is 9.14. The summed E-state index contributed by atoms with van der Waals surface area (Å²) >= 11 is 1.82. The molecule has 3 rings (SSSR count). The quantitative estimate of drug-likeness (QED) is 0.754. The number of thiazole rings is 1. The predicted octanol–water partition coefficient (Wildman–Crippen LogP) is 3.70. The fourth-order valence-electron chi connectivity index (χ4n) is 3.14. The summed E-state index contributed by atoms with van der Waals surface area (Å²) in [4.78, 5) is 11.0. The molecule has 25 heavy (non-hydrogen) atoms. The number of rotatable bonds is 7. The van der Waals surface area contributed by atoms with Crippen LogP contribution in [-0.4, -0.2) is 61.2 Å². The third kappa shape index (κ3) is 5.11. The summed E-state index contributed by atoms with van der Waals surface area (Å²) < 4.78 is 5.17. The number of piperazine rings is 1. The molecular weight excluding hydrogens is 330 g/mol. The maximum atomic E-state index is 5.17. The Balaban J connectivity index is 1.54. The number of nitrogens with zero attached hydrogens (tertiary/aromatic N) is 3. The number of ether oxygens (including phenoxy) is 1. The van der Waals surface area contributed by atoms with Gasteiger partial charge < -0.3 is 4.74 Å². The van der Waals surface area contributed by atoms with Crippen LogP contribution in [0.5, 0.6) is 0 Å². The van der Waals surface area contributed by atoms with Gasteiger partial charge in [-0.15, -0.1) is 11.3 Å². The van der Waals surface area contributed by atoms with E-state index in [0.29, 0.717) is 5.92 Å². The Morgan fingerprint density at radius 3 is 2.40 bits per heavy atom. The fraction of sp³-hybridized carbons (Fsp3) is 0.550. The lowest BCUT2D eigenvalue weighted by Crippen LogP contribution is -2.46. The van der Waals surface area contributed by atoms with Gasteiger partial charge in [0.2, 0.25) is 0 Å². The Morgan fingerprint density at radius 1 is 1.08 bits per heavy atom. The molecule has 1 aromatic carbocycles. The Hall–Kier alpha value is -1.27. The molecule has 1 saturated heterocycles. The molecule has 0 unspecified atom stereocenters. The first-order valence-corrected chi connectivity index (χ1v) is 9.96. The van der Waals surface area contributed by atoms with Gasteiger partial charge in [0.15, 0.2) is 0 Å². The summed E-state index contributed by atoms with van der Waals surface area (Å²) in [5.74, 6) is 0.573. The van der Waals surface area contributed by atoms with Gasteiger partial charge in [-0.25, -0.2) is 4.98 Å². The molecule has 0 atom stereocenters. The zero-order chi connectivity index (χ0) is 17.6. The minimum absolute atomic E-state index is 0.573. The molecule has 2 heterocycles. The molecule has 0 bridgehead atoms. The normalized spacial score (nSPS) is 16.6. The van der Waals surface area contributed by atoms with Gasteiger partial charge in [0.1, 0.15) is 5.01 Å². The van der Waals surface area contributed by atoms with Crippen LogP contribution in [0.2, 0.25) is 0 Å². The molecule has 1 fully saturated rings. The Morgan fingerprint density at radius 2 is 1.76 bits per heavy atom. The molecule has 0 saturated carbocycles. The van der Waals surface area contributed by atoms with Crippen LogP contribution in [0.25, 0.3) is 10.6 Å². The van der Waals surface area contributed by atoms with Gasteiger partial charge >= 0.3 is 0 Å². The van der Waals surface area contributed by atoms with E-state index in [1.807, 2.05) is 17.5 Å². The summed E-state index contributed by atoms with van der Waals surface area (Å²) in [5.41, 5.74) is 2.61. The van der Waals surface area contributed by atoms with E-state index < -0.39 is 0 Å². The molecule has 1 aliphatic heterocycles. The summed E-state index contributed by atoms with van der Waals surface area (Å²) in [6, 6.07) is 8.85. The smallest absolute Gasteiger partial charge is 0.123 e. The average molecular weight is 360 g/mol. The second-order valence-corrected chi connectivity index (χ2v) is 8.13. The lowest BCUT2D eigenvalue weighted by Gasteiger charge is -2.34. The van der Waals surface area contributed by atoms with E-state index in [1.54, 1.807) is 7.11 Å². The minimum Gasteiger partial charge on any atom is -0.383 e. The van der Waals surface area contributed by atoms with Crippen molar-refractivity contribution in [2.24, 2.45) is 0 Å². The van der Waals surface area contributed by atoms with Crippen LogP contribution in [0.15, 0.2) is 30.5 Å². The van der Waals surface area contributed by atoms with Crippen LogP contribution in [0, 0.1) is 0 Å². The summed E-state index contributed by atoms with van der Waals surface area (Å²) in [5, 5.41) is 1.13. The monoisotopic (exact) mass is 359 g/mol. The van der Waals surface area contributed by atoms with Crippen LogP contribution in [0.4, 0.5) is 0 Å². The van der Waals surface area contributed by atoms with E-state index in [4.69, 9.17) is 4.74 Å². The molecule has 0 aliphatic carbocycles. The first-order chi connectivity index (χ1) is 12.2. The van der Waals surface area contributed by atoms with Crippen LogP contribution in [-0.2, 0) is 11.3 Å². The highest BCUT2D eigenvalue weighted by atomic mass is 32.1. The maximum absolute atomic E-state index is 5.17. The van der Waals surface area contributed by atoms with Crippen molar-refractivity contribution in [2.45, 2.75) is 26.3 Å². The van der Waals surface area contributed by atoms with Crippen molar-refractivity contribution in [3.05, 3.63) is 40.9 Å². The lowest BCUT2D eigenvalue weighted by molar-refractivity contribution is 0.0942. The van der Waals surface area contributed by atoms with Gasteiger partial charge in [0, 0.05) is 63.0 Å². The van der Waals surface area contributed by atoms with Crippen LogP contribution in [0.1, 0.15) is 30.2 Å². The Kier molecular flexibility index (Phi) is 6.59. The van der Waals surface area contributed by atoms with Crippen molar-refractivity contribution < 1.29 is 4.74 Å². The maximum Gasteiger partial charge on any atom is 0.123 e. The summed E-state index contributed by atoms with van der Waals surface area (Å²) in [6.07, 6.45) is 2.05. The largest absolute Gasteiger partial charge is 0.383 e. The van der Waals surface area contributed by atoms with Crippen molar-refractivity contribution in [3.63, 3.8) is 0 Å². The van der Waals surface area contributed by atoms with E-state index in [2.05, 4.69) is 52.9 Å². The van der Waals surface area contributed by atoms with E-state index in [1.165, 1.54) is 16.0 Å². The number of aromatic nitrogens is 1. The van der Waals surface area contributed by atoms with Crippen LogP contribution < -0.4 is 0 Å². The number of hydrogen-bond acceptors (Lipinski definition) is 5. The molecule has 0 radical (unpaired) electrons. The summed E-state index contributed by atoms with van der Waals surface area (Å²) in [6.45, 7) is 11.9. The molecule has 136 valence electrons. The van der Waals surface area contributed by atoms with Crippen LogP contribution >= 0.6 is 11.3 Å². The SMILES string of the molecule is COCCN1CCN(Cc2cnc(-c3ccc(C(C)C)cc3)s2)CC1. The van der Waals surface area contributed by atoms with Gasteiger partial charge in [0.25, 0.3) is 0 Å². The molecule has 0 amide bonds. The molecule has 1 aliphatic rings. The third-order valence-electron chi connectivity index (χ3n) is 4.83.